The zero-order valence-electron chi connectivity index (χ0n) is 13.6. The number of hydrogen-bond acceptors (Lipinski definition) is 5. The summed E-state index contributed by atoms with van der Waals surface area (Å²) in [6, 6.07) is 16.2. The number of para-hydroxylation sites is 1. The van der Waals surface area contributed by atoms with E-state index >= 15 is 0 Å². The first kappa shape index (κ1) is 16.9. The number of anilines is 1. The molecule has 0 radical (unpaired) electrons. The summed E-state index contributed by atoms with van der Waals surface area (Å²) < 4.78 is 6.09. The summed E-state index contributed by atoms with van der Waals surface area (Å²) >= 11 is 1.38. The number of amides is 2. The van der Waals surface area contributed by atoms with Gasteiger partial charge < -0.3 is 15.4 Å². The lowest BCUT2D eigenvalue weighted by atomic mass is 10.2. The molecule has 0 bridgehead atoms. The molecule has 2 N–H and O–H groups in total. The Kier molecular flexibility index (Phi) is 5.25. The zero-order chi connectivity index (χ0) is 17.6. The predicted octanol–water partition coefficient (Wildman–Crippen LogP) is 3.55. The lowest BCUT2D eigenvalue weighted by molar-refractivity contribution is -0.117. The smallest absolute Gasteiger partial charge is 0.408 e. The van der Waals surface area contributed by atoms with Crippen molar-refractivity contribution in [1.82, 2.24) is 10.3 Å². The van der Waals surface area contributed by atoms with Gasteiger partial charge in [-0.1, -0.05) is 53.8 Å². The molecule has 0 aliphatic carbocycles. The fraction of sp³-hybridized carbons (Fsp3) is 0.167. The first-order valence-corrected chi connectivity index (χ1v) is 8.57. The fourth-order valence-electron chi connectivity index (χ4n) is 2.15. The highest BCUT2D eigenvalue weighted by Gasteiger charge is 2.18. The van der Waals surface area contributed by atoms with E-state index in [1.807, 2.05) is 54.6 Å². The van der Waals surface area contributed by atoms with Crippen LogP contribution in [0.2, 0.25) is 0 Å². The van der Waals surface area contributed by atoms with Gasteiger partial charge in [0.1, 0.15) is 12.6 Å². The second kappa shape index (κ2) is 7.76. The molecular formula is C18H17N3O3S. The Morgan fingerprint density at radius 1 is 1.12 bits per heavy atom. The minimum absolute atomic E-state index is 0.152. The normalized spacial score (nSPS) is 11.7. The summed E-state index contributed by atoms with van der Waals surface area (Å²) in [5.74, 6) is -0.351. The van der Waals surface area contributed by atoms with Gasteiger partial charge >= 0.3 is 6.09 Å². The SMILES string of the molecule is C[C@H](NC(=O)OCc1ccccc1)C(=O)Nc1nc2ccccc2s1. The largest absolute Gasteiger partial charge is 0.445 e. The number of benzene rings is 2. The van der Waals surface area contributed by atoms with Gasteiger partial charge in [0.2, 0.25) is 5.91 Å². The third kappa shape index (κ3) is 4.54. The number of carbonyl (C=O) groups excluding carboxylic acids is 2. The Balaban J connectivity index is 1.50. The summed E-state index contributed by atoms with van der Waals surface area (Å²) in [5.41, 5.74) is 1.70. The van der Waals surface area contributed by atoms with Gasteiger partial charge in [0.25, 0.3) is 0 Å². The van der Waals surface area contributed by atoms with E-state index in [2.05, 4.69) is 15.6 Å². The van der Waals surface area contributed by atoms with E-state index in [4.69, 9.17) is 4.74 Å². The van der Waals surface area contributed by atoms with Crippen molar-refractivity contribution in [2.45, 2.75) is 19.6 Å². The number of aromatic nitrogens is 1. The number of carbonyl (C=O) groups is 2. The van der Waals surface area contributed by atoms with Gasteiger partial charge in [-0.05, 0) is 24.6 Å². The maximum atomic E-state index is 12.2. The molecule has 3 rings (SSSR count). The van der Waals surface area contributed by atoms with E-state index in [-0.39, 0.29) is 12.5 Å². The van der Waals surface area contributed by atoms with Crippen molar-refractivity contribution < 1.29 is 14.3 Å². The predicted molar refractivity (Wildman–Crippen MR) is 97.5 cm³/mol. The van der Waals surface area contributed by atoms with E-state index in [9.17, 15) is 9.59 Å². The van der Waals surface area contributed by atoms with Crippen LogP contribution in [-0.4, -0.2) is 23.0 Å². The Labute approximate surface area is 148 Å². The van der Waals surface area contributed by atoms with Gasteiger partial charge in [0.15, 0.2) is 5.13 Å². The molecule has 6 nitrogen and oxygen atoms in total. The van der Waals surface area contributed by atoms with Gasteiger partial charge in [-0.15, -0.1) is 0 Å². The number of thiazole rings is 1. The molecule has 0 aliphatic heterocycles. The van der Waals surface area contributed by atoms with E-state index < -0.39 is 12.1 Å². The molecular weight excluding hydrogens is 338 g/mol. The molecule has 7 heteroatoms. The van der Waals surface area contributed by atoms with E-state index in [1.165, 1.54) is 11.3 Å². The van der Waals surface area contributed by atoms with Crippen LogP contribution in [0.3, 0.4) is 0 Å². The second-order valence-corrected chi connectivity index (χ2v) is 6.43. The molecule has 1 aromatic heterocycles. The summed E-state index contributed by atoms with van der Waals surface area (Å²) in [7, 11) is 0. The van der Waals surface area contributed by atoms with Crippen LogP contribution in [0.4, 0.5) is 9.93 Å². The highest BCUT2D eigenvalue weighted by atomic mass is 32.1. The monoisotopic (exact) mass is 355 g/mol. The van der Waals surface area contributed by atoms with Crippen LogP contribution >= 0.6 is 11.3 Å². The molecule has 0 saturated heterocycles. The van der Waals surface area contributed by atoms with Crippen LogP contribution in [0.1, 0.15) is 12.5 Å². The minimum atomic E-state index is -0.740. The summed E-state index contributed by atoms with van der Waals surface area (Å²) in [4.78, 5) is 28.3. The second-order valence-electron chi connectivity index (χ2n) is 5.40. The lowest BCUT2D eigenvalue weighted by Gasteiger charge is -2.13. The van der Waals surface area contributed by atoms with Crippen molar-refractivity contribution in [3.8, 4) is 0 Å². The van der Waals surface area contributed by atoms with Crippen LogP contribution < -0.4 is 10.6 Å². The van der Waals surface area contributed by atoms with Crippen LogP contribution in [0.5, 0.6) is 0 Å². The third-order valence-electron chi connectivity index (χ3n) is 3.46. The molecule has 0 fully saturated rings. The quantitative estimate of drug-likeness (QED) is 0.733. The number of ether oxygens (including phenoxy) is 1. The lowest BCUT2D eigenvalue weighted by Crippen LogP contribution is -2.41. The Morgan fingerprint density at radius 2 is 1.84 bits per heavy atom. The van der Waals surface area contributed by atoms with E-state index in [0.29, 0.717) is 5.13 Å². The van der Waals surface area contributed by atoms with Gasteiger partial charge in [-0.25, -0.2) is 9.78 Å². The Hall–Kier alpha value is -2.93. The zero-order valence-corrected chi connectivity index (χ0v) is 14.4. The Bertz CT molecular complexity index is 846. The molecule has 128 valence electrons. The third-order valence-corrected chi connectivity index (χ3v) is 4.42. The molecule has 2 aromatic carbocycles. The molecule has 0 unspecified atom stereocenters. The molecule has 1 heterocycles. The summed E-state index contributed by atoms with van der Waals surface area (Å²) in [6.07, 6.45) is -0.643. The standard InChI is InChI=1S/C18H17N3O3S/c1-12(19-18(23)24-11-13-7-3-2-4-8-13)16(22)21-17-20-14-9-5-6-10-15(14)25-17/h2-10,12H,11H2,1H3,(H,19,23)(H,20,21,22)/t12-/m0/s1. The summed E-state index contributed by atoms with van der Waals surface area (Å²) in [6.45, 7) is 1.74. The highest BCUT2D eigenvalue weighted by molar-refractivity contribution is 7.22. The van der Waals surface area contributed by atoms with Gasteiger partial charge in [0.05, 0.1) is 10.2 Å². The van der Waals surface area contributed by atoms with Crippen LogP contribution in [0.15, 0.2) is 54.6 Å². The van der Waals surface area contributed by atoms with Crippen molar-refractivity contribution in [2.24, 2.45) is 0 Å². The number of alkyl carbamates (subject to hydrolysis) is 1. The maximum Gasteiger partial charge on any atom is 0.408 e. The molecule has 0 saturated carbocycles. The topological polar surface area (TPSA) is 80.3 Å². The fourth-order valence-corrected chi connectivity index (χ4v) is 3.02. The highest BCUT2D eigenvalue weighted by Crippen LogP contribution is 2.25. The molecule has 1 atom stereocenters. The number of rotatable bonds is 5. The maximum absolute atomic E-state index is 12.2. The van der Waals surface area contributed by atoms with Gasteiger partial charge in [0, 0.05) is 0 Å². The molecule has 25 heavy (non-hydrogen) atoms. The van der Waals surface area contributed by atoms with Crippen molar-refractivity contribution in [2.75, 3.05) is 5.32 Å². The number of nitrogens with one attached hydrogen (secondary N) is 2. The molecule has 3 aromatic rings. The number of nitrogens with zero attached hydrogens (tertiary/aromatic N) is 1. The van der Waals surface area contributed by atoms with Crippen LogP contribution in [-0.2, 0) is 16.1 Å². The summed E-state index contributed by atoms with van der Waals surface area (Å²) in [5, 5.41) is 5.71. The van der Waals surface area contributed by atoms with Gasteiger partial charge in [-0.2, -0.15) is 0 Å². The first-order chi connectivity index (χ1) is 12.1. The average Bonchev–Trinajstić information content (AvgIpc) is 3.03. The molecule has 0 aliphatic rings. The van der Waals surface area contributed by atoms with Gasteiger partial charge in [-0.3, -0.25) is 4.79 Å². The van der Waals surface area contributed by atoms with E-state index in [1.54, 1.807) is 6.92 Å². The van der Waals surface area contributed by atoms with Crippen molar-refractivity contribution >= 4 is 38.7 Å². The van der Waals surface area contributed by atoms with Crippen molar-refractivity contribution in [3.05, 3.63) is 60.2 Å². The van der Waals surface area contributed by atoms with Crippen molar-refractivity contribution in [3.63, 3.8) is 0 Å². The molecule has 2 amide bonds. The number of hydrogen-bond donors (Lipinski definition) is 2. The first-order valence-electron chi connectivity index (χ1n) is 7.75. The molecule has 0 spiro atoms. The van der Waals surface area contributed by atoms with Crippen LogP contribution in [0.25, 0.3) is 10.2 Å². The Morgan fingerprint density at radius 3 is 2.60 bits per heavy atom. The van der Waals surface area contributed by atoms with Crippen LogP contribution in [0, 0.1) is 0 Å². The van der Waals surface area contributed by atoms with E-state index in [0.717, 1.165) is 15.8 Å². The van der Waals surface area contributed by atoms with Crippen molar-refractivity contribution in [1.29, 1.82) is 0 Å². The minimum Gasteiger partial charge on any atom is -0.445 e. The average molecular weight is 355 g/mol. The number of fused-ring (bicyclic) bond motifs is 1.